The van der Waals surface area contributed by atoms with Crippen LogP contribution in [0.25, 0.3) is 0 Å². The lowest BCUT2D eigenvalue weighted by molar-refractivity contribution is -0.140. The number of anilines is 3. The maximum absolute atomic E-state index is 13.3. The lowest BCUT2D eigenvalue weighted by atomic mass is 10.0. The van der Waals surface area contributed by atoms with Gasteiger partial charge in [-0.25, -0.2) is 14.8 Å². The Bertz CT molecular complexity index is 1310. The molecule has 0 spiro atoms. The summed E-state index contributed by atoms with van der Waals surface area (Å²) in [4.78, 5) is 51.9. The van der Waals surface area contributed by atoms with Gasteiger partial charge in [-0.1, -0.05) is 0 Å². The van der Waals surface area contributed by atoms with Crippen molar-refractivity contribution in [3.8, 4) is 6.07 Å². The third-order valence-corrected chi connectivity index (χ3v) is 7.38. The van der Waals surface area contributed by atoms with E-state index < -0.39 is 12.1 Å². The first kappa shape index (κ1) is 26.5. The molecule has 1 N–H and O–H groups in total. The molecule has 3 aliphatic heterocycles. The predicted octanol–water partition coefficient (Wildman–Crippen LogP) is 2.12. The van der Waals surface area contributed by atoms with Crippen LogP contribution in [0, 0.1) is 11.3 Å². The lowest BCUT2D eigenvalue weighted by Gasteiger charge is -2.40. The van der Waals surface area contributed by atoms with E-state index in [2.05, 4.69) is 21.4 Å². The number of carbonyl (C=O) groups is 3. The van der Waals surface area contributed by atoms with Gasteiger partial charge in [-0.15, -0.1) is 0 Å². The van der Waals surface area contributed by atoms with Crippen LogP contribution in [0.3, 0.4) is 0 Å². The number of aryl methyl sites for hydroxylation is 1. The quantitative estimate of drug-likeness (QED) is 0.530. The van der Waals surface area contributed by atoms with Crippen molar-refractivity contribution in [2.75, 3.05) is 55.5 Å². The third-order valence-electron chi connectivity index (χ3n) is 7.38. The third kappa shape index (κ3) is 5.41. The summed E-state index contributed by atoms with van der Waals surface area (Å²) in [5, 5.41) is 12.3. The Balaban J connectivity index is 1.33. The number of ether oxygens (including phenoxy) is 2. The number of nitrogens with one attached hydrogen (secondary N) is 1. The minimum Gasteiger partial charge on any atom is -0.378 e. The van der Waals surface area contributed by atoms with Gasteiger partial charge in [0.25, 0.3) is 5.91 Å². The minimum absolute atomic E-state index is 0.101. The number of nitriles is 1. The molecule has 204 valence electrons. The van der Waals surface area contributed by atoms with Gasteiger partial charge in [-0.05, 0) is 37.3 Å². The normalized spacial score (nSPS) is 18.6. The summed E-state index contributed by atoms with van der Waals surface area (Å²) >= 11 is 0. The van der Waals surface area contributed by atoms with Crippen LogP contribution in [0.5, 0.6) is 0 Å². The Hall–Kier alpha value is -4.08. The molecule has 2 saturated heterocycles. The second-order valence-electron chi connectivity index (χ2n) is 9.98. The first-order chi connectivity index (χ1) is 18.9. The van der Waals surface area contributed by atoms with Crippen molar-refractivity contribution in [3.05, 3.63) is 40.7 Å². The van der Waals surface area contributed by atoms with Crippen molar-refractivity contribution < 1.29 is 23.9 Å². The van der Waals surface area contributed by atoms with Crippen LogP contribution >= 0.6 is 0 Å². The van der Waals surface area contributed by atoms with Gasteiger partial charge in [0.05, 0.1) is 17.4 Å². The van der Waals surface area contributed by atoms with Crippen molar-refractivity contribution in [2.24, 2.45) is 0 Å². The summed E-state index contributed by atoms with van der Waals surface area (Å²) in [6.45, 7) is 2.52. The number of fused-ring (bicyclic) bond motifs is 1. The molecule has 0 saturated carbocycles. The maximum Gasteiger partial charge on any atom is 0.328 e. The highest BCUT2D eigenvalue weighted by atomic mass is 16.5. The van der Waals surface area contributed by atoms with E-state index in [1.807, 2.05) is 11.0 Å². The Morgan fingerprint density at radius 3 is 2.85 bits per heavy atom. The topological polar surface area (TPSA) is 141 Å². The van der Waals surface area contributed by atoms with Crippen LogP contribution in [-0.4, -0.2) is 85.7 Å². The van der Waals surface area contributed by atoms with Gasteiger partial charge < -0.3 is 19.3 Å². The van der Waals surface area contributed by atoms with Gasteiger partial charge in [-0.3, -0.25) is 19.8 Å². The van der Waals surface area contributed by atoms with Crippen molar-refractivity contribution in [1.29, 1.82) is 5.26 Å². The molecular formula is C27H31N7O5. The first-order valence-electron chi connectivity index (χ1n) is 13.0. The number of urea groups is 1. The second kappa shape index (κ2) is 11.3. The van der Waals surface area contributed by atoms with Crippen molar-refractivity contribution in [1.82, 2.24) is 14.9 Å². The number of methoxy groups -OCH3 is 1. The molecule has 3 aliphatic rings. The molecule has 1 atom stereocenters. The van der Waals surface area contributed by atoms with Crippen LogP contribution in [0.15, 0.2) is 18.3 Å². The Labute approximate surface area is 226 Å². The fraction of sp³-hybridized carbons (Fsp3) is 0.481. The number of pyridine rings is 2. The molecule has 2 fully saturated rings. The SMILES string of the molecule is COC1CN(c2cc(NC(=O)N3CCCc4cc(CN(C)C(=O)[C@H]5CCCO5)c(C=O)nc43)ncc2C#N)C1. The zero-order chi connectivity index (χ0) is 27.5. The van der Waals surface area contributed by atoms with Crippen LogP contribution in [0.2, 0.25) is 0 Å². The van der Waals surface area contributed by atoms with Crippen LogP contribution in [0.1, 0.15) is 46.4 Å². The monoisotopic (exact) mass is 533 g/mol. The van der Waals surface area contributed by atoms with E-state index in [-0.39, 0.29) is 24.2 Å². The molecule has 5 rings (SSSR count). The van der Waals surface area contributed by atoms with Crippen molar-refractivity contribution in [3.63, 3.8) is 0 Å². The summed E-state index contributed by atoms with van der Waals surface area (Å²) in [5.41, 5.74) is 2.74. The molecule has 5 heterocycles. The van der Waals surface area contributed by atoms with E-state index in [1.165, 1.54) is 11.1 Å². The van der Waals surface area contributed by atoms with E-state index in [0.717, 1.165) is 12.0 Å². The largest absolute Gasteiger partial charge is 0.378 e. The maximum atomic E-state index is 13.3. The highest BCUT2D eigenvalue weighted by molar-refractivity contribution is 6.02. The predicted molar refractivity (Wildman–Crippen MR) is 142 cm³/mol. The lowest BCUT2D eigenvalue weighted by Crippen LogP contribution is -2.52. The standard InChI is InChI=1S/C27H31N7O5/c1-32(26(36)23-6-4-8-39-23)13-18-9-17-5-3-7-34(25(17)30-21(18)16-35)27(37)31-24-10-22(19(11-28)12-29-24)33-14-20(15-33)38-2/h9-10,12,16,20,23H,3-8,13-15H2,1-2H3,(H,29,31,37)/t23-/m1/s1. The van der Waals surface area contributed by atoms with Gasteiger partial charge in [0.2, 0.25) is 0 Å². The minimum atomic E-state index is -0.446. The van der Waals surface area contributed by atoms with E-state index in [0.29, 0.717) is 80.2 Å². The van der Waals surface area contributed by atoms with Gasteiger partial charge in [0.15, 0.2) is 6.29 Å². The van der Waals surface area contributed by atoms with E-state index in [4.69, 9.17) is 9.47 Å². The highest BCUT2D eigenvalue weighted by Gasteiger charge is 2.31. The summed E-state index contributed by atoms with van der Waals surface area (Å²) in [7, 11) is 3.34. The molecule has 3 amide bonds. The highest BCUT2D eigenvalue weighted by Crippen LogP contribution is 2.30. The second-order valence-corrected chi connectivity index (χ2v) is 9.98. The van der Waals surface area contributed by atoms with Gasteiger partial charge in [-0.2, -0.15) is 5.26 Å². The number of hydrogen-bond donors (Lipinski definition) is 1. The Morgan fingerprint density at radius 2 is 2.15 bits per heavy atom. The smallest absolute Gasteiger partial charge is 0.328 e. The van der Waals surface area contributed by atoms with E-state index >= 15 is 0 Å². The molecule has 12 nitrogen and oxygen atoms in total. The number of hydrogen-bond acceptors (Lipinski definition) is 9. The van der Waals surface area contributed by atoms with Gasteiger partial charge in [0, 0.05) is 64.8 Å². The molecule has 0 unspecified atom stereocenters. The van der Waals surface area contributed by atoms with Gasteiger partial charge in [0.1, 0.15) is 29.5 Å². The molecule has 2 aromatic rings. The van der Waals surface area contributed by atoms with Crippen LogP contribution in [-0.2, 0) is 27.2 Å². The number of carbonyl (C=O) groups excluding carboxylic acids is 3. The van der Waals surface area contributed by atoms with E-state index in [1.54, 1.807) is 25.1 Å². The zero-order valence-electron chi connectivity index (χ0n) is 22.1. The molecule has 0 radical (unpaired) electrons. The van der Waals surface area contributed by atoms with Crippen LogP contribution in [0.4, 0.5) is 22.1 Å². The number of rotatable bonds is 7. The molecule has 12 heteroatoms. The summed E-state index contributed by atoms with van der Waals surface area (Å²) in [6.07, 6.45) is 4.70. The zero-order valence-corrected chi connectivity index (χ0v) is 22.1. The van der Waals surface area contributed by atoms with Crippen LogP contribution < -0.4 is 15.1 Å². The number of amides is 3. The van der Waals surface area contributed by atoms with Crippen molar-refractivity contribution >= 4 is 35.5 Å². The molecule has 2 aromatic heterocycles. The average Bonchev–Trinajstić information content (AvgIpc) is 3.46. The molecule has 0 bridgehead atoms. The fourth-order valence-electron chi connectivity index (χ4n) is 5.16. The summed E-state index contributed by atoms with van der Waals surface area (Å²) in [6, 6.07) is 5.26. The van der Waals surface area contributed by atoms with Gasteiger partial charge >= 0.3 is 6.03 Å². The number of aromatic nitrogens is 2. The Kier molecular flexibility index (Phi) is 7.72. The van der Waals surface area contributed by atoms with Crippen molar-refractivity contribution in [2.45, 2.75) is 44.4 Å². The fourth-order valence-corrected chi connectivity index (χ4v) is 5.16. The number of nitrogens with zero attached hydrogens (tertiary/aromatic N) is 6. The number of aldehydes is 1. The Morgan fingerprint density at radius 1 is 1.33 bits per heavy atom. The molecule has 0 aromatic carbocycles. The number of likely N-dealkylation sites (N-methyl/N-ethyl adjacent to an activating group) is 1. The first-order valence-corrected chi connectivity index (χ1v) is 13.0. The summed E-state index contributed by atoms with van der Waals surface area (Å²) < 4.78 is 10.8. The summed E-state index contributed by atoms with van der Waals surface area (Å²) in [5.74, 6) is 0.606. The van der Waals surface area contributed by atoms with E-state index in [9.17, 15) is 19.6 Å². The molecular weight excluding hydrogens is 502 g/mol. The average molecular weight is 534 g/mol. The molecule has 39 heavy (non-hydrogen) atoms. The molecule has 0 aliphatic carbocycles.